The molecule has 1 N–H and O–H groups in total. The van der Waals surface area contributed by atoms with E-state index in [1.54, 1.807) is 25.3 Å². The van der Waals surface area contributed by atoms with Gasteiger partial charge in [-0.05, 0) is 42.8 Å². The normalized spacial score (nSPS) is 10.1. The van der Waals surface area contributed by atoms with Crippen LogP contribution < -0.4 is 9.47 Å². The third-order valence-electron chi connectivity index (χ3n) is 2.66. The molecule has 0 atom stereocenters. The number of benzene rings is 2. The lowest BCUT2D eigenvalue weighted by Crippen LogP contribution is -1.91. The molecule has 0 spiro atoms. The number of ether oxygens (including phenoxy) is 2. The molecule has 94 valence electrons. The van der Waals surface area contributed by atoms with E-state index in [9.17, 15) is 5.11 Å². The van der Waals surface area contributed by atoms with E-state index in [4.69, 9.17) is 9.47 Å². The second kappa shape index (κ2) is 5.45. The molecule has 0 aliphatic rings. The second-order valence-electron chi connectivity index (χ2n) is 3.84. The molecule has 0 bridgehead atoms. The van der Waals surface area contributed by atoms with Crippen LogP contribution in [-0.2, 0) is 0 Å². The summed E-state index contributed by atoms with van der Waals surface area (Å²) in [5.41, 5.74) is 1.63. The van der Waals surface area contributed by atoms with E-state index in [0.29, 0.717) is 12.4 Å². The smallest absolute Gasteiger partial charge is 0.123 e. The van der Waals surface area contributed by atoms with Gasteiger partial charge in [-0.1, -0.05) is 12.1 Å². The predicted molar refractivity (Wildman–Crippen MR) is 71.3 cm³/mol. The first-order chi connectivity index (χ1) is 8.74. The molecule has 0 heterocycles. The standard InChI is InChI=1S/C15H16O3/c1-3-18-13-6-4-5-11(9-13)14-10-12(17-2)7-8-15(14)16/h4-10,16H,3H2,1-2H3. The van der Waals surface area contributed by atoms with Crippen molar-refractivity contribution < 1.29 is 14.6 Å². The summed E-state index contributed by atoms with van der Waals surface area (Å²) in [6.45, 7) is 2.56. The number of rotatable bonds is 4. The van der Waals surface area contributed by atoms with Crippen molar-refractivity contribution in [3.05, 3.63) is 42.5 Å². The average molecular weight is 244 g/mol. The molecule has 0 radical (unpaired) electrons. The van der Waals surface area contributed by atoms with Crippen molar-refractivity contribution >= 4 is 0 Å². The first kappa shape index (κ1) is 12.3. The van der Waals surface area contributed by atoms with E-state index in [0.717, 1.165) is 16.9 Å². The molecule has 0 aliphatic heterocycles. The van der Waals surface area contributed by atoms with Crippen molar-refractivity contribution in [3.8, 4) is 28.4 Å². The van der Waals surface area contributed by atoms with Crippen molar-refractivity contribution in [2.45, 2.75) is 6.92 Å². The highest BCUT2D eigenvalue weighted by molar-refractivity contribution is 5.72. The molecule has 3 heteroatoms. The monoisotopic (exact) mass is 244 g/mol. The molecule has 3 nitrogen and oxygen atoms in total. The molecule has 2 aromatic rings. The Balaban J connectivity index is 2.44. The highest BCUT2D eigenvalue weighted by Crippen LogP contribution is 2.34. The summed E-state index contributed by atoms with van der Waals surface area (Å²) in [6, 6.07) is 12.8. The maximum Gasteiger partial charge on any atom is 0.123 e. The SMILES string of the molecule is CCOc1cccc(-c2cc(OC)ccc2O)c1. The van der Waals surface area contributed by atoms with Crippen molar-refractivity contribution in [3.63, 3.8) is 0 Å². The maximum atomic E-state index is 9.91. The lowest BCUT2D eigenvalue weighted by molar-refractivity contribution is 0.340. The Labute approximate surface area is 107 Å². The van der Waals surface area contributed by atoms with Crippen LogP contribution in [0.15, 0.2) is 42.5 Å². The quantitative estimate of drug-likeness (QED) is 0.895. The largest absolute Gasteiger partial charge is 0.507 e. The van der Waals surface area contributed by atoms with Crippen LogP contribution in [0.25, 0.3) is 11.1 Å². The predicted octanol–water partition coefficient (Wildman–Crippen LogP) is 3.47. The fraction of sp³-hybridized carbons (Fsp3) is 0.200. The lowest BCUT2D eigenvalue weighted by atomic mass is 10.0. The van der Waals surface area contributed by atoms with Crippen LogP contribution >= 0.6 is 0 Å². The fourth-order valence-corrected chi connectivity index (χ4v) is 1.79. The van der Waals surface area contributed by atoms with E-state index in [1.807, 2.05) is 31.2 Å². The molecule has 0 amide bonds. The third kappa shape index (κ3) is 2.56. The molecule has 2 rings (SSSR count). The van der Waals surface area contributed by atoms with Gasteiger partial charge in [0.15, 0.2) is 0 Å². The zero-order valence-corrected chi connectivity index (χ0v) is 10.5. The Bertz CT molecular complexity index is 535. The van der Waals surface area contributed by atoms with E-state index < -0.39 is 0 Å². The van der Waals surface area contributed by atoms with Gasteiger partial charge < -0.3 is 14.6 Å². The van der Waals surface area contributed by atoms with Crippen LogP contribution in [0.4, 0.5) is 0 Å². The molecule has 0 saturated heterocycles. The van der Waals surface area contributed by atoms with Crippen LogP contribution in [0.1, 0.15) is 6.92 Å². The zero-order valence-electron chi connectivity index (χ0n) is 10.5. The summed E-state index contributed by atoms with van der Waals surface area (Å²) >= 11 is 0. The first-order valence-electron chi connectivity index (χ1n) is 5.85. The molecule has 0 unspecified atom stereocenters. The molecule has 0 saturated carbocycles. The minimum Gasteiger partial charge on any atom is -0.507 e. The van der Waals surface area contributed by atoms with Gasteiger partial charge >= 0.3 is 0 Å². The van der Waals surface area contributed by atoms with E-state index in [-0.39, 0.29) is 5.75 Å². The van der Waals surface area contributed by atoms with Gasteiger partial charge in [-0.15, -0.1) is 0 Å². The van der Waals surface area contributed by atoms with Crippen LogP contribution in [0.3, 0.4) is 0 Å². The third-order valence-corrected chi connectivity index (χ3v) is 2.66. The summed E-state index contributed by atoms with van der Waals surface area (Å²) in [4.78, 5) is 0. The number of hydrogen-bond donors (Lipinski definition) is 1. The van der Waals surface area contributed by atoms with Gasteiger partial charge in [-0.25, -0.2) is 0 Å². The Morgan fingerprint density at radius 1 is 1.06 bits per heavy atom. The topological polar surface area (TPSA) is 38.7 Å². The zero-order chi connectivity index (χ0) is 13.0. The Kier molecular flexibility index (Phi) is 3.72. The Hall–Kier alpha value is -2.16. The summed E-state index contributed by atoms with van der Waals surface area (Å²) < 4.78 is 10.6. The van der Waals surface area contributed by atoms with Crippen molar-refractivity contribution in [1.29, 1.82) is 0 Å². The molecule has 0 fully saturated rings. The van der Waals surface area contributed by atoms with Crippen molar-refractivity contribution in [2.75, 3.05) is 13.7 Å². The van der Waals surface area contributed by atoms with Gasteiger partial charge in [0, 0.05) is 5.56 Å². The minimum absolute atomic E-state index is 0.226. The maximum absolute atomic E-state index is 9.91. The van der Waals surface area contributed by atoms with Gasteiger partial charge in [0.1, 0.15) is 17.2 Å². The van der Waals surface area contributed by atoms with E-state index in [1.165, 1.54) is 0 Å². The lowest BCUT2D eigenvalue weighted by Gasteiger charge is -2.09. The Morgan fingerprint density at radius 3 is 2.61 bits per heavy atom. The number of phenolic OH excluding ortho intramolecular Hbond substituents is 1. The number of methoxy groups -OCH3 is 1. The van der Waals surface area contributed by atoms with Gasteiger partial charge in [-0.2, -0.15) is 0 Å². The second-order valence-corrected chi connectivity index (χ2v) is 3.84. The first-order valence-corrected chi connectivity index (χ1v) is 5.85. The highest BCUT2D eigenvalue weighted by atomic mass is 16.5. The van der Waals surface area contributed by atoms with Gasteiger partial charge in [0.25, 0.3) is 0 Å². The molecule has 0 aromatic heterocycles. The minimum atomic E-state index is 0.226. The molecule has 18 heavy (non-hydrogen) atoms. The van der Waals surface area contributed by atoms with Crippen LogP contribution in [0.2, 0.25) is 0 Å². The van der Waals surface area contributed by atoms with Crippen LogP contribution in [0, 0.1) is 0 Å². The number of phenols is 1. The summed E-state index contributed by atoms with van der Waals surface area (Å²) in [7, 11) is 1.60. The molecular formula is C15H16O3. The average Bonchev–Trinajstić information content (AvgIpc) is 2.40. The molecule has 0 aliphatic carbocycles. The van der Waals surface area contributed by atoms with Crippen molar-refractivity contribution in [1.82, 2.24) is 0 Å². The Morgan fingerprint density at radius 2 is 1.89 bits per heavy atom. The van der Waals surface area contributed by atoms with E-state index >= 15 is 0 Å². The molecule has 2 aromatic carbocycles. The fourth-order valence-electron chi connectivity index (χ4n) is 1.79. The number of aromatic hydroxyl groups is 1. The van der Waals surface area contributed by atoms with Crippen LogP contribution in [0.5, 0.6) is 17.2 Å². The number of hydrogen-bond acceptors (Lipinski definition) is 3. The van der Waals surface area contributed by atoms with Crippen molar-refractivity contribution in [2.24, 2.45) is 0 Å². The summed E-state index contributed by atoms with van der Waals surface area (Å²) in [6.07, 6.45) is 0. The highest BCUT2D eigenvalue weighted by Gasteiger charge is 2.07. The van der Waals surface area contributed by atoms with Gasteiger partial charge in [-0.3, -0.25) is 0 Å². The van der Waals surface area contributed by atoms with Gasteiger partial charge in [0.05, 0.1) is 13.7 Å². The van der Waals surface area contributed by atoms with Crippen LogP contribution in [-0.4, -0.2) is 18.8 Å². The summed E-state index contributed by atoms with van der Waals surface area (Å²) in [5.74, 6) is 1.73. The summed E-state index contributed by atoms with van der Waals surface area (Å²) in [5, 5.41) is 9.91. The van der Waals surface area contributed by atoms with E-state index in [2.05, 4.69) is 0 Å². The molecular weight excluding hydrogens is 228 g/mol. The van der Waals surface area contributed by atoms with Gasteiger partial charge in [0.2, 0.25) is 0 Å².